The molecule has 2 unspecified atom stereocenters. The van der Waals surface area contributed by atoms with E-state index < -0.39 is 5.63 Å². The number of fused-ring (bicyclic) bond motifs is 5. The summed E-state index contributed by atoms with van der Waals surface area (Å²) in [5.41, 5.74) is 3.72. The number of carbonyl (C=O) groups is 1. The van der Waals surface area contributed by atoms with Crippen LogP contribution in [0.25, 0.3) is 22.1 Å². The minimum atomic E-state index is -0.421. The minimum absolute atomic E-state index is 0.0427. The molecule has 4 heterocycles. The molecule has 2 aliphatic rings. The van der Waals surface area contributed by atoms with Gasteiger partial charge < -0.3 is 18.6 Å². The molecule has 0 radical (unpaired) electrons. The largest absolute Gasteiger partial charge is 0.496 e. The highest BCUT2D eigenvalue weighted by Crippen LogP contribution is 2.36. The standard InChI is InChI=1S/C30H28N2O5/c1-36-26-15-27-24(23(14-30(35)37-27)20-6-3-2-4-7-20)13-21(26)10-11-28(33)31-16-19-12-22(18-31)25-8-5-9-29(34)32(25)17-19/h2-9,13-15,19,22H,10-12,16-18H2,1H3. The van der Waals surface area contributed by atoms with Crippen LogP contribution >= 0.6 is 0 Å². The molecule has 1 fully saturated rings. The Morgan fingerprint density at radius 3 is 2.65 bits per heavy atom. The predicted molar refractivity (Wildman–Crippen MR) is 141 cm³/mol. The molecular formula is C30H28N2O5. The van der Waals surface area contributed by atoms with E-state index in [1.54, 1.807) is 19.2 Å². The van der Waals surface area contributed by atoms with E-state index in [1.807, 2.05) is 58.0 Å². The molecule has 1 amide bonds. The summed E-state index contributed by atoms with van der Waals surface area (Å²) in [6.45, 7) is 1.98. The third-order valence-corrected chi connectivity index (χ3v) is 7.67. The number of amides is 1. The normalized spacial score (nSPS) is 18.5. The van der Waals surface area contributed by atoms with Crippen molar-refractivity contribution in [1.82, 2.24) is 9.47 Å². The molecule has 0 saturated carbocycles. The summed E-state index contributed by atoms with van der Waals surface area (Å²) in [5, 5.41) is 0.809. The summed E-state index contributed by atoms with van der Waals surface area (Å²) in [5.74, 6) is 1.18. The minimum Gasteiger partial charge on any atom is -0.496 e. The van der Waals surface area contributed by atoms with Gasteiger partial charge in [-0.1, -0.05) is 36.4 Å². The fourth-order valence-electron chi connectivity index (χ4n) is 5.98. The zero-order chi connectivity index (χ0) is 25.5. The number of nitrogens with zero attached hydrogens (tertiary/aromatic N) is 2. The third-order valence-electron chi connectivity index (χ3n) is 7.67. The maximum absolute atomic E-state index is 13.3. The van der Waals surface area contributed by atoms with Crippen LogP contribution in [0.2, 0.25) is 0 Å². The van der Waals surface area contributed by atoms with E-state index in [2.05, 4.69) is 0 Å². The summed E-state index contributed by atoms with van der Waals surface area (Å²) in [7, 11) is 1.58. The van der Waals surface area contributed by atoms with Crippen LogP contribution in [0.5, 0.6) is 5.75 Å². The van der Waals surface area contributed by atoms with E-state index in [-0.39, 0.29) is 17.4 Å². The first kappa shape index (κ1) is 23.3. The lowest BCUT2D eigenvalue weighted by Gasteiger charge is -2.42. The number of methoxy groups -OCH3 is 1. The summed E-state index contributed by atoms with van der Waals surface area (Å²) >= 11 is 0. The fraction of sp³-hybridized carbons (Fsp3) is 0.300. The highest BCUT2D eigenvalue weighted by atomic mass is 16.5. The smallest absolute Gasteiger partial charge is 0.336 e. The number of aromatic nitrogens is 1. The number of pyridine rings is 1. The Morgan fingerprint density at radius 1 is 1.00 bits per heavy atom. The molecular weight excluding hydrogens is 468 g/mol. The average Bonchev–Trinajstić information content (AvgIpc) is 2.91. The predicted octanol–water partition coefficient (Wildman–Crippen LogP) is 4.21. The number of hydrogen-bond acceptors (Lipinski definition) is 5. The van der Waals surface area contributed by atoms with Crippen molar-refractivity contribution in [2.75, 3.05) is 20.2 Å². The number of benzene rings is 2. The third kappa shape index (κ3) is 4.35. The first-order valence-electron chi connectivity index (χ1n) is 12.7. The van der Waals surface area contributed by atoms with Gasteiger partial charge in [-0.25, -0.2) is 4.79 Å². The summed E-state index contributed by atoms with van der Waals surface area (Å²) in [6, 6.07) is 20.4. The molecule has 2 bridgehead atoms. The van der Waals surface area contributed by atoms with Gasteiger partial charge in [0, 0.05) is 61.3 Å². The molecule has 2 aliphatic heterocycles. The van der Waals surface area contributed by atoms with Crippen LogP contribution in [-0.4, -0.2) is 35.6 Å². The summed E-state index contributed by atoms with van der Waals surface area (Å²) in [4.78, 5) is 39.9. The van der Waals surface area contributed by atoms with E-state index in [0.29, 0.717) is 49.7 Å². The highest BCUT2D eigenvalue weighted by Gasteiger charge is 2.36. The van der Waals surface area contributed by atoms with Gasteiger partial charge in [-0.05, 0) is 47.6 Å². The van der Waals surface area contributed by atoms with E-state index >= 15 is 0 Å². The van der Waals surface area contributed by atoms with Crippen molar-refractivity contribution >= 4 is 16.9 Å². The number of carbonyl (C=O) groups excluding carboxylic acids is 1. The zero-order valence-electron chi connectivity index (χ0n) is 20.7. The Balaban J connectivity index is 1.25. The molecule has 37 heavy (non-hydrogen) atoms. The lowest BCUT2D eigenvalue weighted by atomic mass is 9.83. The Labute approximate surface area is 213 Å². The van der Waals surface area contributed by atoms with Crippen LogP contribution in [0.1, 0.15) is 30.0 Å². The molecule has 2 aromatic heterocycles. The molecule has 0 N–H and O–H groups in total. The van der Waals surface area contributed by atoms with Gasteiger partial charge in [0.25, 0.3) is 5.56 Å². The lowest BCUT2D eigenvalue weighted by Crippen LogP contribution is -2.49. The van der Waals surface area contributed by atoms with Crippen molar-refractivity contribution in [1.29, 1.82) is 0 Å². The van der Waals surface area contributed by atoms with Crippen LogP contribution in [0, 0.1) is 5.92 Å². The number of hydrogen-bond donors (Lipinski definition) is 0. The van der Waals surface area contributed by atoms with Gasteiger partial charge in [0.2, 0.25) is 5.91 Å². The Morgan fingerprint density at radius 2 is 1.84 bits per heavy atom. The van der Waals surface area contributed by atoms with Crippen LogP contribution in [0.3, 0.4) is 0 Å². The molecule has 1 saturated heterocycles. The van der Waals surface area contributed by atoms with Gasteiger partial charge in [0.05, 0.1) is 7.11 Å². The van der Waals surface area contributed by atoms with Gasteiger partial charge in [-0.2, -0.15) is 0 Å². The summed E-state index contributed by atoms with van der Waals surface area (Å²) < 4.78 is 13.0. The van der Waals surface area contributed by atoms with Gasteiger partial charge in [-0.15, -0.1) is 0 Å². The Bertz CT molecular complexity index is 1600. The molecule has 0 aliphatic carbocycles. The molecule has 0 spiro atoms. The average molecular weight is 497 g/mol. The number of ether oxygens (including phenoxy) is 1. The van der Waals surface area contributed by atoms with Crippen molar-refractivity contribution in [3.8, 4) is 16.9 Å². The first-order valence-corrected chi connectivity index (χ1v) is 12.7. The number of rotatable bonds is 5. The van der Waals surface area contributed by atoms with Crippen LogP contribution in [-0.2, 0) is 17.8 Å². The lowest BCUT2D eigenvalue weighted by molar-refractivity contribution is -0.133. The second-order valence-electron chi connectivity index (χ2n) is 10.0. The zero-order valence-corrected chi connectivity index (χ0v) is 20.7. The first-order chi connectivity index (χ1) is 18.0. The molecule has 188 valence electrons. The molecule has 2 atom stereocenters. The second-order valence-corrected chi connectivity index (χ2v) is 10.0. The van der Waals surface area contributed by atoms with Crippen molar-refractivity contribution in [2.24, 2.45) is 5.92 Å². The Hall–Kier alpha value is -4.13. The Kier molecular flexibility index (Phi) is 5.91. The topological polar surface area (TPSA) is 81.8 Å². The second kappa shape index (κ2) is 9.39. The molecule has 7 nitrogen and oxygen atoms in total. The van der Waals surface area contributed by atoms with Crippen molar-refractivity contribution in [3.63, 3.8) is 0 Å². The van der Waals surface area contributed by atoms with Crippen molar-refractivity contribution in [2.45, 2.75) is 31.7 Å². The van der Waals surface area contributed by atoms with Gasteiger partial charge in [0.1, 0.15) is 11.3 Å². The van der Waals surface area contributed by atoms with Gasteiger partial charge in [0.15, 0.2) is 0 Å². The number of likely N-dealkylation sites (tertiary alicyclic amines) is 1. The van der Waals surface area contributed by atoms with Crippen LogP contribution in [0.4, 0.5) is 0 Å². The van der Waals surface area contributed by atoms with Crippen molar-refractivity contribution < 1.29 is 13.9 Å². The molecule has 4 aromatic rings. The number of piperidine rings is 1. The SMILES string of the molecule is COc1cc2oc(=O)cc(-c3ccccc3)c2cc1CCC(=O)N1CC2CC(C1)c1cccc(=O)n1C2. The highest BCUT2D eigenvalue weighted by molar-refractivity contribution is 5.94. The maximum Gasteiger partial charge on any atom is 0.336 e. The molecule has 2 aromatic carbocycles. The van der Waals surface area contributed by atoms with E-state index in [9.17, 15) is 14.4 Å². The monoisotopic (exact) mass is 496 g/mol. The van der Waals surface area contributed by atoms with Gasteiger partial charge in [-0.3, -0.25) is 9.59 Å². The summed E-state index contributed by atoms with van der Waals surface area (Å²) in [6.07, 6.45) is 1.87. The van der Waals surface area contributed by atoms with Gasteiger partial charge >= 0.3 is 5.63 Å². The van der Waals surface area contributed by atoms with Crippen LogP contribution < -0.4 is 15.9 Å². The molecule has 7 heteroatoms. The van der Waals surface area contributed by atoms with Crippen molar-refractivity contribution in [3.05, 3.63) is 98.8 Å². The molecule has 6 rings (SSSR count). The fourth-order valence-corrected chi connectivity index (χ4v) is 5.98. The van der Waals surface area contributed by atoms with E-state index in [1.165, 1.54) is 6.07 Å². The van der Waals surface area contributed by atoms with E-state index in [4.69, 9.17) is 9.15 Å². The maximum atomic E-state index is 13.3. The quantitative estimate of drug-likeness (QED) is 0.387. The van der Waals surface area contributed by atoms with E-state index in [0.717, 1.165) is 34.2 Å². The number of aryl methyl sites for hydroxylation is 1. The van der Waals surface area contributed by atoms with Crippen LogP contribution in [0.15, 0.2) is 80.7 Å².